The van der Waals surface area contributed by atoms with E-state index in [9.17, 15) is 0 Å². The van der Waals surface area contributed by atoms with E-state index in [-0.39, 0.29) is 0 Å². The predicted octanol–water partition coefficient (Wildman–Crippen LogP) is 1.83. The fourth-order valence-corrected chi connectivity index (χ4v) is 1.77. The van der Waals surface area contributed by atoms with Crippen LogP contribution in [-0.4, -0.2) is 24.2 Å². The van der Waals surface area contributed by atoms with Gasteiger partial charge in [-0.1, -0.05) is 0 Å². The minimum Gasteiger partial charge on any atom is -0.493 e. The first kappa shape index (κ1) is 13.9. The van der Waals surface area contributed by atoms with Crippen molar-refractivity contribution in [3.8, 4) is 11.5 Å². The van der Waals surface area contributed by atoms with Crippen LogP contribution in [-0.2, 0) is 0 Å². The summed E-state index contributed by atoms with van der Waals surface area (Å²) in [6.45, 7) is 1.79. The number of nitrogen functional groups attached to an aromatic ring is 1. The lowest BCUT2D eigenvalue weighted by molar-refractivity contribution is 0.355. The maximum Gasteiger partial charge on any atom is 0.162 e. The zero-order valence-corrected chi connectivity index (χ0v) is 11.6. The third-order valence-electron chi connectivity index (χ3n) is 2.64. The lowest BCUT2D eigenvalue weighted by Gasteiger charge is -2.11. The second-order valence-electron chi connectivity index (χ2n) is 4.02. The molecule has 0 aliphatic rings. The van der Waals surface area contributed by atoms with Gasteiger partial charge in [0.25, 0.3) is 0 Å². The van der Waals surface area contributed by atoms with Crippen molar-refractivity contribution >= 4 is 17.3 Å². The highest BCUT2D eigenvalue weighted by Crippen LogP contribution is 2.30. The van der Waals surface area contributed by atoms with Crippen molar-refractivity contribution in [3.63, 3.8) is 0 Å². The van der Waals surface area contributed by atoms with Gasteiger partial charge in [0, 0.05) is 17.8 Å². The Kier molecular flexibility index (Phi) is 4.21. The van der Waals surface area contributed by atoms with Crippen LogP contribution >= 0.6 is 0 Å². The number of nitrogens with one attached hydrogen (secondary N) is 2. The molecule has 0 fully saturated rings. The summed E-state index contributed by atoms with van der Waals surface area (Å²) in [5.41, 5.74) is 3.32. The largest absolute Gasteiger partial charge is 0.493 e. The number of aryl methyl sites for hydroxylation is 1. The normalized spacial score (nSPS) is 10.0. The molecular weight excluding hydrogens is 258 g/mol. The Balaban J connectivity index is 2.27. The molecule has 7 nitrogen and oxygen atoms in total. The Morgan fingerprint density at radius 2 is 1.70 bits per heavy atom. The van der Waals surface area contributed by atoms with Gasteiger partial charge in [-0.15, -0.1) is 0 Å². The van der Waals surface area contributed by atoms with E-state index in [0.29, 0.717) is 29.0 Å². The monoisotopic (exact) mass is 275 g/mol. The van der Waals surface area contributed by atoms with Crippen molar-refractivity contribution < 1.29 is 9.47 Å². The average Bonchev–Trinajstić information content (AvgIpc) is 2.46. The molecule has 0 radical (unpaired) electrons. The molecule has 1 aromatic carbocycles. The maximum atomic E-state index is 5.36. The Hall–Kier alpha value is -2.54. The van der Waals surface area contributed by atoms with Gasteiger partial charge in [-0.05, 0) is 19.1 Å². The first-order valence-electron chi connectivity index (χ1n) is 5.97. The molecule has 0 aliphatic heterocycles. The molecule has 2 aromatic rings. The maximum absolute atomic E-state index is 5.36. The van der Waals surface area contributed by atoms with Gasteiger partial charge in [-0.3, -0.25) is 0 Å². The third kappa shape index (κ3) is 3.07. The van der Waals surface area contributed by atoms with Crippen LogP contribution in [0.15, 0.2) is 24.3 Å². The van der Waals surface area contributed by atoms with Crippen LogP contribution in [0.4, 0.5) is 17.3 Å². The minimum absolute atomic E-state index is 0.542. The number of benzene rings is 1. The van der Waals surface area contributed by atoms with Gasteiger partial charge in [0.2, 0.25) is 0 Å². The van der Waals surface area contributed by atoms with Crippen LogP contribution in [0.25, 0.3) is 0 Å². The van der Waals surface area contributed by atoms with Crippen LogP contribution in [0.2, 0.25) is 0 Å². The first-order valence-corrected chi connectivity index (χ1v) is 5.97. The zero-order chi connectivity index (χ0) is 14.5. The number of methoxy groups -OCH3 is 2. The lowest BCUT2D eigenvalue weighted by atomic mass is 10.2. The Morgan fingerprint density at radius 1 is 1.00 bits per heavy atom. The van der Waals surface area contributed by atoms with Crippen molar-refractivity contribution in [1.29, 1.82) is 0 Å². The van der Waals surface area contributed by atoms with Crippen molar-refractivity contribution in [1.82, 2.24) is 9.97 Å². The number of rotatable bonds is 5. The molecule has 0 spiro atoms. The molecule has 0 amide bonds. The Bertz CT molecular complexity index is 603. The number of aromatic nitrogens is 2. The van der Waals surface area contributed by atoms with E-state index in [1.54, 1.807) is 27.2 Å². The Labute approximate surface area is 117 Å². The summed E-state index contributed by atoms with van der Waals surface area (Å²) in [6.07, 6.45) is 0. The molecule has 0 bridgehead atoms. The highest BCUT2D eigenvalue weighted by atomic mass is 16.5. The summed E-state index contributed by atoms with van der Waals surface area (Å²) >= 11 is 0. The van der Waals surface area contributed by atoms with E-state index in [1.807, 2.05) is 18.2 Å². The summed E-state index contributed by atoms with van der Waals surface area (Å²) in [5.74, 6) is 8.46. The van der Waals surface area contributed by atoms with E-state index in [4.69, 9.17) is 15.3 Å². The third-order valence-corrected chi connectivity index (χ3v) is 2.64. The average molecular weight is 275 g/mol. The van der Waals surface area contributed by atoms with E-state index in [1.165, 1.54) is 0 Å². The number of hydrogen-bond acceptors (Lipinski definition) is 7. The van der Waals surface area contributed by atoms with E-state index >= 15 is 0 Å². The second-order valence-corrected chi connectivity index (χ2v) is 4.02. The molecule has 0 unspecified atom stereocenters. The van der Waals surface area contributed by atoms with Crippen molar-refractivity contribution in [2.75, 3.05) is 25.0 Å². The number of anilines is 3. The van der Waals surface area contributed by atoms with E-state index in [0.717, 1.165) is 5.69 Å². The Morgan fingerprint density at radius 3 is 2.35 bits per heavy atom. The van der Waals surface area contributed by atoms with Crippen LogP contribution in [0.3, 0.4) is 0 Å². The standard InChI is InChI=1S/C13H17N5O2/c1-8-15-12(7-13(16-8)18-14)17-9-4-5-10(19-2)11(6-9)20-3/h4-7H,14H2,1-3H3,(H2,15,16,17,18). The summed E-state index contributed by atoms with van der Waals surface area (Å²) in [6, 6.07) is 7.22. The predicted molar refractivity (Wildman–Crippen MR) is 77.4 cm³/mol. The van der Waals surface area contributed by atoms with Gasteiger partial charge < -0.3 is 20.2 Å². The quantitative estimate of drug-likeness (QED) is 0.566. The first-order chi connectivity index (χ1) is 9.66. The van der Waals surface area contributed by atoms with E-state index < -0.39 is 0 Å². The van der Waals surface area contributed by atoms with Gasteiger partial charge >= 0.3 is 0 Å². The number of nitrogens with two attached hydrogens (primary N) is 1. The highest BCUT2D eigenvalue weighted by Gasteiger charge is 2.06. The number of hydrazine groups is 1. The molecule has 0 saturated carbocycles. The topological polar surface area (TPSA) is 94.3 Å². The van der Waals surface area contributed by atoms with Crippen LogP contribution in [0.5, 0.6) is 11.5 Å². The molecule has 1 heterocycles. The van der Waals surface area contributed by atoms with Crippen LogP contribution < -0.4 is 26.1 Å². The van der Waals surface area contributed by atoms with Crippen LogP contribution in [0.1, 0.15) is 5.82 Å². The smallest absolute Gasteiger partial charge is 0.162 e. The van der Waals surface area contributed by atoms with Crippen molar-refractivity contribution in [2.24, 2.45) is 5.84 Å². The summed E-state index contributed by atoms with van der Waals surface area (Å²) < 4.78 is 10.4. The SMILES string of the molecule is COc1ccc(Nc2cc(NN)nc(C)n2)cc1OC. The summed E-state index contributed by atoms with van der Waals surface area (Å²) in [7, 11) is 3.19. The zero-order valence-electron chi connectivity index (χ0n) is 11.6. The molecule has 106 valence electrons. The minimum atomic E-state index is 0.542. The molecular formula is C13H17N5O2. The number of hydrogen-bond donors (Lipinski definition) is 3. The number of ether oxygens (including phenoxy) is 2. The van der Waals surface area contributed by atoms with Gasteiger partial charge in [0.1, 0.15) is 17.5 Å². The molecule has 2 rings (SSSR count). The molecule has 7 heteroatoms. The van der Waals surface area contributed by atoms with Gasteiger partial charge in [0.05, 0.1) is 14.2 Å². The number of nitrogens with zero attached hydrogens (tertiary/aromatic N) is 2. The van der Waals surface area contributed by atoms with Gasteiger partial charge in [-0.25, -0.2) is 15.8 Å². The second kappa shape index (κ2) is 6.07. The van der Waals surface area contributed by atoms with E-state index in [2.05, 4.69) is 20.7 Å². The highest BCUT2D eigenvalue weighted by molar-refractivity contribution is 5.63. The van der Waals surface area contributed by atoms with Gasteiger partial charge in [-0.2, -0.15) is 0 Å². The summed E-state index contributed by atoms with van der Waals surface area (Å²) in [4.78, 5) is 8.41. The molecule has 4 N–H and O–H groups in total. The van der Waals surface area contributed by atoms with Crippen LogP contribution in [0, 0.1) is 6.92 Å². The molecule has 0 saturated heterocycles. The molecule has 20 heavy (non-hydrogen) atoms. The van der Waals surface area contributed by atoms with Crippen molar-refractivity contribution in [2.45, 2.75) is 6.92 Å². The summed E-state index contributed by atoms with van der Waals surface area (Å²) in [5, 5.41) is 3.16. The molecule has 1 aromatic heterocycles. The molecule has 0 atom stereocenters. The molecule has 0 aliphatic carbocycles. The lowest BCUT2D eigenvalue weighted by Crippen LogP contribution is -2.10. The van der Waals surface area contributed by atoms with Gasteiger partial charge in [0.15, 0.2) is 11.5 Å². The van der Waals surface area contributed by atoms with Crippen molar-refractivity contribution in [3.05, 3.63) is 30.1 Å². The fourth-order valence-electron chi connectivity index (χ4n) is 1.77. The fraction of sp³-hybridized carbons (Fsp3) is 0.231.